The molecule has 4 rings (SSSR count). The van der Waals surface area contributed by atoms with E-state index >= 15 is 0 Å². The predicted molar refractivity (Wildman–Crippen MR) is 102 cm³/mol. The number of oxime groups is 1. The van der Waals surface area contributed by atoms with Gasteiger partial charge in [0.2, 0.25) is 0 Å². The van der Waals surface area contributed by atoms with Crippen molar-refractivity contribution >= 4 is 37.3 Å². The standard InChI is InChI=1S/C20H14BrNO4/c1-11-6-8-12(9-7-11)17(23)16-19(26-22-20(16)21)14-10-25-15-5-3-2-4-13(15)18(14)24/h2-10,16,19H,1H3/t16-,19-/m1/s1. The summed E-state index contributed by atoms with van der Waals surface area (Å²) >= 11 is 3.30. The van der Waals surface area contributed by atoms with E-state index in [0.29, 0.717) is 21.2 Å². The largest absolute Gasteiger partial charge is 0.464 e. The van der Waals surface area contributed by atoms with Crippen LogP contribution in [-0.4, -0.2) is 10.4 Å². The number of fused-ring (bicyclic) bond motifs is 1. The molecule has 26 heavy (non-hydrogen) atoms. The SMILES string of the molecule is Cc1ccc(C(=O)[C@H]2C(Br)=NO[C@@H]2c2coc3ccccc3c2=O)cc1. The monoisotopic (exact) mass is 411 g/mol. The van der Waals surface area contributed by atoms with Crippen molar-refractivity contribution in [1.82, 2.24) is 0 Å². The van der Waals surface area contributed by atoms with Crippen LogP contribution in [0.2, 0.25) is 0 Å². The van der Waals surface area contributed by atoms with E-state index in [2.05, 4.69) is 21.1 Å². The average molecular weight is 412 g/mol. The molecule has 0 saturated carbocycles. The number of benzene rings is 2. The van der Waals surface area contributed by atoms with E-state index < -0.39 is 12.0 Å². The first-order valence-corrected chi connectivity index (χ1v) is 8.86. The molecule has 5 nitrogen and oxygen atoms in total. The molecule has 130 valence electrons. The molecule has 2 heterocycles. The van der Waals surface area contributed by atoms with Crippen LogP contribution in [0, 0.1) is 12.8 Å². The quantitative estimate of drug-likeness (QED) is 0.599. The molecule has 0 saturated heterocycles. The molecule has 0 bridgehead atoms. The zero-order valence-corrected chi connectivity index (χ0v) is 15.4. The van der Waals surface area contributed by atoms with Crippen LogP contribution < -0.4 is 5.43 Å². The zero-order valence-electron chi connectivity index (χ0n) is 13.8. The van der Waals surface area contributed by atoms with E-state index in [1.54, 1.807) is 36.4 Å². The number of halogens is 1. The first-order valence-electron chi connectivity index (χ1n) is 8.07. The Balaban J connectivity index is 1.77. The highest BCUT2D eigenvalue weighted by molar-refractivity contribution is 9.18. The maximum atomic E-state index is 13.0. The Hall–Kier alpha value is -2.73. The fourth-order valence-electron chi connectivity index (χ4n) is 3.02. The van der Waals surface area contributed by atoms with Gasteiger partial charge < -0.3 is 9.25 Å². The number of aryl methyl sites for hydroxylation is 1. The molecule has 1 aliphatic rings. The second-order valence-electron chi connectivity index (χ2n) is 6.16. The number of hydrogen-bond acceptors (Lipinski definition) is 5. The van der Waals surface area contributed by atoms with Gasteiger partial charge >= 0.3 is 0 Å². The van der Waals surface area contributed by atoms with E-state index in [1.807, 2.05) is 19.1 Å². The van der Waals surface area contributed by atoms with Crippen LogP contribution in [0.5, 0.6) is 0 Å². The number of carbonyl (C=O) groups excluding carboxylic acids is 1. The molecule has 2 aromatic carbocycles. The smallest absolute Gasteiger partial charge is 0.199 e. The lowest BCUT2D eigenvalue weighted by Crippen LogP contribution is -2.27. The molecule has 0 fully saturated rings. The highest BCUT2D eigenvalue weighted by Crippen LogP contribution is 2.36. The highest BCUT2D eigenvalue weighted by atomic mass is 79.9. The predicted octanol–water partition coefficient (Wildman–Crippen LogP) is 4.38. The van der Waals surface area contributed by atoms with Gasteiger partial charge in [0.25, 0.3) is 0 Å². The third-order valence-corrected chi connectivity index (χ3v) is 5.08. The third-order valence-electron chi connectivity index (χ3n) is 4.44. The van der Waals surface area contributed by atoms with E-state index in [4.69, 9.17) is 9.25 Å². The van der Waals surface area contributed by atoms with Gasteiger partial charge in [0.15, 0.2) is 17.3 Å². The van der Waals surface area contributed by atoms with Gasteiger partial charge in [-0.3, -0.25) is 9.59 Å². The van der Waals surface area contributed by atoms with Crippen molar-refractivity contribution in [2.75, 3.05) is 0 Å². The molecular formula is C20H14BrNO4. The van der Waals surface area contributed by atoms with E-state index in [-0.39, 0.29) is 16.8 Å². The molecule has 3 aromatic rings. The van der Waals surface area contributed by atoms with Gasteiger partial charge in [-0.25, -0.2) is 0 Å². The van der Waals surface area contributed by atoms with Crippen molar-refractivity contribution in [2.24, 2.45) is 11.1 Å². The fourth-order valence-corrected chi connectivity index (χ4v) is 3.55. The molecule has 0 spiro atoms. The summed E-state index contributed by atoms with van der Waals surface area (Å²) < 4.78 is 5.92. The van der Waals surface area contributed by atoms with Crippen LogP contribution in [0.3, 0.4) is 0 Å². The highest BCUT2D eigenvalue weighted by Gasteiger charge is 2.42. The van der Waals surface area contributed by atoms with Crippen LogP contribution >= 0.6 is 15.9 Å². The van der Waals surface area contributed by atoms with Crippen LogP contribution in [-0.2, 0) is 4.84 Å². The lowest BCUT2D eigenvalue weighted by atomic mass is 9.90. The normalized spacial score (nSPS) is 19.2. The summed E-state index contributed by atoms with van der Waals surface area (Å²) in [6, 6.07) is 14.2. The summed E-state index contributed by atoms with van der Waals surface area (Å²) in [4.78, 5) is 31.3. The van der Waals surface area contributed by atoms with Gasteiger partial charge in [0.1, 0.15) is 22.4 Å². The second kappa shape index (κ2) is 6.53. The number of para-hydroxylation sites is 1. The van der Waals surface area contributed by atoms with Gasteiger partial charge in [-0.05, 0) is 35.0 Å². The van der Waals surface area contributed by atoms with Crippen molar-refractivity contribution in [3.8, 4) is 0 Å². The summed E-state index contributed by atoms with van der Waals surface area (Å²) in [5.41, 5.74) is 2.13. The van der Waals surface area contributed by atoms with Crippen molar-refractivity contribution in [1.29, 1.82) is 0 Å². The molecular weight excluding hydrogens is 398 g/mol. The van der Waals surface area contributed by atoms with Crippen LogP contribution in [0.1, 0.15) is 27.6 Å². The summed E-state index contributed by atoms with van der Waals surface area (Å²) in [5, 5.41) is 4.34. The Morgan fingerprint density at radius 2 is 1.85 bits per heavy atom. The Kier molecular flexibility index (Phi) is 4.20. The minimum Gasteiger partial charge on any atom is -0.464 e. The number of rotatable bonds is 3. The topological polar surface area (TPSA) is 68.9 Å². The average Bonchev–Trinajstić information content (AvgIpc) is 3.03. The number of hydrogen-bond donors (Lipinski definition) is 0. The summed E-state index contributed by atoms with van der Waals surface area (Å²) in [6.07, 6.45) is 0.519. The van der Waals surface area contributed by atoms with Crippen molar-refractivity contribution < 1.29 is 14.0 Å². The van der Waals surface area contributed by atoms with Crippen molar-refractivity contribution in [2.45, 2.75) is 13.0 Å². The number of carbonyl (C=O) groups is 1. The van der Waals surface area contributed by atoms with Crippen molar-refractivity contribution in [3.05, 3.63) is 81.7 Å². The Morgan fingerprint density at radius 1 is 1.12 bits per heavy atom. The third kappa shape index (κ3) is 2.76. The van der Waals surface area contributed by atoms with Crippen LogP contribution in [0.4, 0.5) is 0 Å². The lowest BCUT2D eigenvalue weighted by Gasteiger charge is -2.16. The first kappa shape index (κ1) is 16.7. The van der Waals surface area contributed by atoms with Crippen LogP contribution in [0.25, 0.3) is 11.0 Å². The Morgan fingerprint density at radius 3 is 2.62 bits per heavy atom. The first-order chi connectivity index (χ1) is 12.6. The lowest BCUT2D eigenvalue weighted by molar-refractivity contribution is 0.0521. The summed E-state index contributed by atoms with van der Waals surface area (Å²) in [6.45, 7) is 1.95. The molecule has 6 heteroatoms. The molecule has 1 aromatic heterocycles. The molecule has 1 aliphatic heterocycles. The van der Waals surface area contributed by atoms with Crippen LogP contribution in [0.15, 0.2) is 69.2 Å². The summed E-state index contributed by atoms with van der Waals surface area (Å²) in [5.74, 6) is -0.905. The molecule has 0 N–H and O–H groups in total. The molecule has 0 amide bonds. The number of nitrogens with zero attached hydrogens (tertiary/aromatic N) is 1. The Labute approximate surface area is 157 Å². The molecule has 2 atom stereocenters. The molecule has 0 radical (unpaired) electrons. The fraction of sp³-hybridized carbons (Fsp3) is 0.150. The minimum atomic E-state index is -0.834. The minimum absolute atomic E-state index is 0.171. The van der Waals surface area contributed by atoms with Gasteiger partial charge in [-0.1, -0.05) is 47.1 Å². The van der Waals surface area contributed by atoms with Gasteiger partial charge in [-0.2, -0.15) is 0 Å². The molecule has 0 unspecified atom stereocenters. The van der Waals surface area contributed by atoms with E-state index in [1.165, 1.54) is 6.26 Å². The van der Waals surface area contributed by atoms with Gasteiger partial charge in [0.05, 0.1) is 10.9 Å². The maximum absolute atomic E-state index is 13.0. The summed E-state index contributed by atoms with van der Waals surface area (Å²) in [7, 11) is 0. The molecule has 0 aliphatic carbocycles. The number of Topliss-reactive ketones (excluding diaryl/α,β-unsaturated/α-hetero) is 1. The number of ketones is 1. The maximum Gasteiger partial charge on any atom is 0.199 e. The van der Waals surface area contributed by atoms with Crippen molar-refractivity contribution in [3.63, 3.8) is 0 Å². The second-order valence-corrected chi connectivity index (χ2v) is 6.98. The van der Waals surface area contributed by atoms with Gasteiger partial charge in [-0.15, -0.1) is 0 Å². The zero-order chi connectivity index (χ0) is 18.3. The van der Waals surface area contributed by atoms with E-state index in [0.717, 1.165) is 5.56 Å². The van der Waals surface area contributed by atoms with Gasteiger partial charge in [0, 0.05) is 5.56 Å². The Bertz CT molecular complexity index is 1080. The van der Waals surface area contributed by atoms with E-state index in [9.17, 15) is 9.59 Å².